The van der Waals surface area contributed by atoms with E-state index < -0.39 is 23.7 Å². The second-order valence-electron chi connectivity index (χ2n) is 8.56. The van der Waals surface area contributed by atoms with Crippen molar-refractivity contribution in [3.8, 4) is 11.5 Å². The number of ether oxygens (including phenoxy) is 2. The van der Waals surface area contributed by atoms with Crippen molar-refractivity contribution in [3.05, 3.63) is 65.2 Å². The third-order valence-corrected chi connectivity index (χ3v) is 6.13. The molecule has 2 aromatic carbocycles. The first-order chi connectivity index (χ1) is 17.3. The van der Waals surface area contributed by atoms with Crippen LogP contribution in [0, 0.1) is 0 Å². The van der Waals surface area contributed by atoms with Crippen LogP contribution in [0.5, 0.6) is 11.5 Å². The second kappa shape index (κ2) is 12.4. The van der Waals surface area contributed by atoms with Crippen LogP contribution in [-0.2, 0) is 14.4 Å². The number of likely N-dealkylation sites (N-methyl/N-ethyl adjacent to an activating group) is 1. The van der Waals surface area contributed by atoms with E-state index in [1.807, 2.05) is 20.8 Å². The Labute approximate surface area is 212 Å². The normalized spacial score (nSPS) is 17.0. The van der Waals surface area contributed by atoms with Crippen molar-refractivity contribution in [2.24, 2.45) is 0 Å². The van der Waals surface area contributed by atoms with Gasteiger partial charge in [-0.1, -0.05) is 32.9 Å². The summed E-state index contributed by atoms with van der Waals surface area (Å²) in [6, 6.07) is 12.6. The number of Topliss-reactive ketones (excluding diaryl/α,β-unsaturated/α-hetero) is 1. The summed E-state index contributed by atoms with van der Waals surface area (Å²) >= 11 is 0. The van der Waals surface area contributed by atoms with Crippen molar-refractivity contribution >= 4 is 23.4 Å². The van der Waals surface area contributed by atoms with Crippen molar-refractivity contribution in [1.82, 2.24) is 9.80 Å². The van der Waals surface area contributed by atoms with Gasteiger partial charge in [-0.3, -0.25) is 14.4 Å². The molecule has 1 fully saturated rings. The number of likely N-dealkylation sites (tertiary alicyclic amines) is 1. The minimum Gasteiger partial charge on any atom is -0.507 e. The van der Waals surface area contributed by atoms with E-state index in [9.17, 15) is 19.5 Å². The number of rotatable bonds is 11. The molecule has 0 bridgehead atoms. The number of aliphatic hydroxyl groups excluding tert-OH is 1. The van der Waals surface area contributed by atoms with Crippen LogP contribution in [0.4, 0.5) is 0 Å². The van der Waals surface area contributed by atoms with Crippen LogP contribution in [0.25, 0.3) is 5.76 Å². The monoisotopic (exact) mass is 494 g/mol. The van der Waals surface area contributed by atoms with Gasteiger partial charge in [0.05, 0.1) is 18.2 Å². The van der Waals surface area contributed by atoms with Crippen molar-refractivity contribution in [2.45, 2.75) is 40.2 Å². The average molecular weight is 495 g/mol. The van der Waals surface area contributed by atoms with Gasteiger partial charge in [-0.2, -0.15) is 0 Å². The van der Waals surface area contributed by atoms with Crippen LogP contribution in [0.15, 0.2) is 54.1 Å². The number of nitrogens with zero attached hydrogens (tertiary/aromatic N) is 2. The van der Waals surface area contributed by atoms with E-state index in [-0.39, 0.29) is 11.3 Å². The molecule has 0 aliphatic carbocycles. The van der Waals surface area contributed by atoms with E-state index >= 15 is 0 Å². The summed E-state index contributed by atoms with van der Waals surface area (Å²) in [6.45, 7) is 10.4. The molecule has 0 aromatic heterocycles. The largest absolute Gasteiger partial charge is 0.507 e. The van der Waals surface area contributed by atoms with Gasteiger partial charge in [0.2, 0.25) is 0 Å². The van der Waals surface area contributed by atoms with E-state index in [2.05, 4.69) is 4.90 Å². The third kappa shape index (κ3) is 6.12. The van der Waals surface area contributed by atoms with Crippen molar-refractivity contribution in [2.75, 3.05) is 32.8 Å². The summed E-state index contributed by atoms with van der Waals surface area (Å²) in [6.07, 6.45) is 0.866. The summed E-state index contributed by atoms with van der Waals surface area (Å²) in [5.41, 5.74) is 0.973. The van der Waals surface area contributed by atoms with Gasteiger partial charge in [0.15, 0.2) is 0 Å². The van der Waals surface area contributed by atoms with Gasteiger partial charge in [0.25, 0.3) is 11.7 Å². The Hall–Kier alpha value is -3.65. The molecular formula is C28H34N2O6. The molecule has 1 aliphatic heterocycles. The second-order valence-corrected chi connectivity index (χ2v) is 8.56. The number of aliphatic hydroxyl groups is 1. The minimum atomic E-state index is -0.827. The van der Waals surface area contributed by atoms with Crippen molar-refractivity contribution < 1.29 is 29.0 Å². The molecule has 1 amide bonds. The van der Waals surface area contributed by atoms with Crippen LogP contribution >= 0.6 is 0 Å². The fraction of sp³-hybridized carbons (Fsp3) is 0.393. The first kappa shape index (κ1) is 26.9. The van der Waals surface area contributed by atoms with Gasteiger partial charge in [-0.05, 0) is 61.5 Å². The maximum atomic E-state index is 13.2. The zero-order valence-corrected chi connectivity index (χ0v) is 21.3. The quantitative estimate of drug-likeness (QED) is 0.165. The summed E-state index contributed by atoms with van der Waals surface area (Å²) < 4.78 is 10.8. The fourth-order valence-corrected chi connectivity index (χ4v) is 4.24. The van der Waals surface area contributed by atoms with Crippen LogP contribution < -0.4 is 9.47 Å². The highest BCUT2D eigenvalue weighted by atomic mass is 16.5. The SMILES string of the molecule is CCCOc1ccc(/C(O)=C2/C(=O)C(=O)N(CCN(CC)CC)C2c2cccc(OC(C)=O)c2)cc1. The van der Waals surface area contributed by atoms with Gasteiger partial charge in [0, 0.05) is 25.6 Å². The van der Waals surface area contributed by atoms with Crippen LogP contribution in [0.2, 0.25) is 0 Å². The molecule has 1 unspecified atom stereocenters. The smallest absolute Gasteiger partial charge is 0.308 e. The Morgan fingerprint density at radius 2 is 1.72 bits per heavy atom. The molecule has 8 nitrogen and oxygen atoms in total. The number of esters is 1. The highest BCUT2D eigenvalue weighted by molar-refractivity contribution is 6.46. The predicted octanol–water partition coefficient (Wildman–Crippen LogP) is 4.16. The molecule has 2 aromatic rings. The summed E-state index contributed by atoms with van der Waals surface area (Å²) in [5.74, 6) is -1.21. The molecule has 1 atom stereocenters. The maximum absolute atomic E-state index is 13.2. The highest BCUT2D eigenvalue weighted by Crippen LogP contribution is 2.40. The maximum Gasteiger partial charge on any atom is 0.308 e. The molecule has 0 spiro atoms. The molecule has 1 aliphatic rings. The Bertz CT molecular complexity index is 1120. The molecule has 0 saturated carbocycles. The number of carbonyl (C=O) groups excluding carboxylic acids is 3. The lowest BCUT2D eigenvalue weighted by atomic mass is 9.95. The Morgan fingerprint density at radius 3 is 2.33 bits per heavy atom. The lowest BCUT2D eigenvalue weighted by Gasteiger charge is -2.28. The van der Waals surface area contributed by atoms with Gasteiger partial charge < -0.3 is 24.4 Å². The average Bonchev–Trinajstić information content (AvgIpc) is 3.12. The van der Waals surface area contributed by atoms with E-state index in [0.29, 0.717) is 42.3 Å². The van der Waals surface area contributed by atoms with E-state index in [1.165, 1.54) is 11.8 Å². The van der Waals surface area contributed by atoms with Gasteiger partial charge in [-0.25, -0.2) is 0 Å². The first-order valence-electron chi connectivity index (χ1n) is 12.3. The van der Waals surface area contributed by atoms with Crippen LogP contribution in [0.1, 0.15) is 51.3 Å². The number of amides is 1. The number of carbonyl (C=O) groups is 3. The topological polar surface area (TPSA) is 96.4 Å². The van der Waals surface area contributed by atoms with Crippen molar-refractivity contribution in [3.63, 3.8) is 0 Å². The molecule has 192 valence electrons. The number of hydrogen-bond donors (Lipinski definition) is 1. The Morgan fingerprint density at radius 1 is 1.03 bits per heavy atom. The third-order valence-electron chi connectivity index (χ3n) is 6.13. The summed E-state index contributed by atoms with van der Waals surface area (Å²) in [7, 11) is 0. The molecule has 1 N–H and O–H groups in total. The van der Waals surface area contributed by atoms with E-state index in [0.717, 1.165) is 19.5 Å². The Balaban J connectivity index is 2.07. The summed E-state index contributed by atoms with van der Waals surface area (Å²) in [5, 5.41) is 11.3. The summed E-state index contributed by atoms with van der Waals surface area (Å²) in [4.78, 5) is 41.5. The lowest BCUT2D eigenvalue weighted by molar-refractivity contribution is -0.140. The van der Waals surface area contributed by atoms with Gasteiger partial charge >= 0.3 is 5.97 Å². The minimum absolute atomic E-state index is 0.00162. The highest BCUT2D eigenvalue weighted by Gasteiger charge is 2.46. The fourth-order valence-electron chi connectivity index (χ4n) is 4.24. The van der Waals surface area contributed by atoms with E-state index in [1.54, 1.807) is 48.5 Å². The number of hydrogen-bond acceptors (Lipinski definition) is 7. The van der Waals surface area contributed by atoms with Gasteiger partial charge in [0.1, 0.15) is 17.3 Å². The van der Waals surface area contributed by atoms with E-state index in [4.69, 9.17) is 9.47 Å². The molecule has 36 heavy (non-hydrogen) atoms. The Kier molecular flexibility index (Phi) is 9.25. The molecule has 8 heteroatoms. The zero-order chi connectivity index (χ0) is 26.2. The van der Waals surface area contributed by atoms with Gasteiger partial charge in [-0.15, -0.1) is 0 Å². The first-order valence-corrected chi connectivity index (χ1v) is 12.3. The zero-order valence-electron chi connectivity index (χ0n) is 21.3. The number of benzene rings is 2. The van der Waals surface area contributed by atoms with Crippen LogP contribution in [-0.4, -0.2) is 65.4 Å². The lowest BCUT2D eigenvalue weighted by Crippen LogP contribution is -2.38. The number of ketones is 1. The standard InChI is InChI=1S/C28H34N2O6/c1-5-17-35-22-13-11-20(12-14-22)26(32)24-25(21-9-8-10-23(18-21)36-19(4)31)30(28(34)27(24)33)16-15-29(6-2)7-3/h8-14,18,25,32H,5-7,15-17H2,1-4H3/b26-24-. The molecule has 0 radical (unpaired) electrons. The predicted molar refractivity (Wildman–Crippen MR) is 137 cm³/mol. The van der Waals surface area contributed by atoms with Crippen LogP contribution in [0.3, 0.4) is 0 Å². The molecule has 1 saturated heterocycles. The molecule has 1 heterocycles. The molecule has 3 rings (SSSR count). The van der Waals surface area contributed by atoms with Crippen molar-refractivity contribution in [1.29, 1.82) is 0 Å². The molecular weight excluding hydrogens is 460 g/mol.